The fourth-order valence-electron chi connectivity index (χ4n) is 2.27. The number of fused-ring (bicyclic) bond motifs is 1. The molecule has 1 unspecified atom stereocenters. The normalized spacial score (nSPS) is 19.4. The van der Waals surface area contributed by atoms with Gasteiger partial charge in [0.25, 0.3) is 11.8 Å². The van der Waals surface area contributed by atoms with Crippen LogP contribution in [0.25, 0.3) is 0 Å². The fourth-order valence-corrected chi connectivity index (χ4v) is 2.27. The Kier molecular flexibility index (Phi) is 2.36. The number of hydrogen-bond acceptors (Lipinski definition) is 4. The average Bonchev–Trinajstić information content (AvgIpc) is 3.11. The number of hydrogen-bond donors (Lipinski definition) is 2. The number of carbonyl (C=O) groups is 2. The van der Waals surface area contributed by atoms with E-state index in [1.165, 1.54) is 12.8 Å². The van der Waals surface area contributed by atoms with Crippen LogP contribution in [0.15, 0.2) is 6.07 Å². The van der Waals surface area contributed by atoms with Crippen LogP contribution in [0.3, 0.4) is 0 Å². The van der Waals surface area contributed by atoms with Gasteiger partial charge >= 0.3 is 0 Å². The summed E-state index contributed by atoms with van der Waals surface area (Å²) >= 11 is 0. The molecule has 0 radical (unpaired) electrons. The van der Waals surface area contributed by atoms with Crippen LogP contribution in [-0.4, -0.2) is 22.8 Å². The van der Waals surface area contributed by atoms with E-state index in [1.807, 2.05) is 6.92 Å². The predicted molar refractivity (Wildman–Crippen MR) is 66.6 cm³/mol. The monoisotopic (exact) mass is 245 g/mol. The Morgan fingerprint density at radius 2 is 2.11 bits per heavy atom. The molecule has 1 atom stereocenters. The van der Waals surface area contributed by atoms with Crippen molar-refractivity contribution in [3.63, 3.8) is 0 Å². The lowest BCUT2D eigenvalue weighted by molar-refractivity contribution is 0.0878. The molecular formula is C13H15N3O2. The topological polar surface area (TPSA) is 71.1 Å². The smallest absolute Gasteiger partial charge is 0.277 e. The Morgan fingerprint density at radius 1 is 1.39 bits per heavy atom. The molecule has 0 spiro atoms. The zero-order chi connectivity index (χ0) is 12.9. The number of anilines is 1. The first-order chi connectivity index (χ1) is 8.56. The van der Waals surface area contributed by atoms with E-state index >= 15 is 0 Å². The van der Waals surface area contributed by atoms with E-state index in [1.54, 1.807) is 6.07 Å². The van der Waals surface area contributed by atoms with Gasteiger partial charge in [-0.2, -0.15) is 0 Å². The Bertz CT molecular complexity index is 549. The SMILES string of the molecule is Cc1cc2c(nc1NC(C)C1CC1)C(=O)NC2=O. The van der Waals surface area contributed by atoms with Gasteiger partial charge in [0.05, 0.1) is 5.56 Å². The van der Waals surface area contributed by atoms with Crippen molar-refractivity contribution in [2.24, 2.45) is 5.92 Å². The van der Waals surface area contributed by atoms with Crippen molar-refractivity contribution in [1.29, 1.82) is 0 Å². The van der Waals surface area contributed by atoms with E-state index < -0.39 is 5.91 Å². The van der Waals surface area contributed by atoms with E-state index in [0.717, 1.165) is 5.56 Å². The fraction of sp³-hybridized carbons (Fsp3) is 0.462. The molecule has 2 N–H and O–H groups in total. The van der Waals surface area contributed by atoms with Crippen LogP contribution in [0.1, 0.15) is 46.2 Å². The van der Waals surface area contributed by atoms with Gasteiger partial charge in [-0.25, -0.2) is 4.98 Å². The van der Waals surface area contributed by atoms with Crippen LogP contribution in [0.4, 0.5) is 5.82 Å². The highest BCUT2D eigenvalue weighted by Gasteiger charge is 2.31. The Hall–Kier alpha value is -1.91. The predicted octanol–water partition coefficient (Wildman–Crippen LogP) is 1.48. The van der Waals surface area contributed by atoms with E-state index in [9.17, 15) is 9.59 Å². The van der Waals surface area contributed by atoms with Crippen molar-refractivity contribution >= 4 is 17.6 Å². The third-order valence-corrected chi connectivity index (χ3v) is 3.59. The first-order valence-corrected chi connectivity index (χ1v) is 6.20. The number of carbonyl (C=O) groups excluding carboxylic acids is 2. The molecule has 2 heterocycles. The summed E-state index contributed by atoms with van der Waals surface area (Å²) in [6.45, 7) is 4.02. The van der Waals surface area contributed by atoms with E-state index in [-0.39, 0.29) is 11.6 Å². The number of pyridine rings is 1. The van der Waals surface area contributed by atoms with Crippen molar-refractivity contribution in [2.75, 3.05) is 5.32 Å². The standard InChI is InChI=1S/C13H15N3O2/c1-6-5-9-10(13(18)16-12(9)17)15-11(6)14-7(2)8-3-4-8/h5,7-8H,3-4H2,1-2H3,(H,14,15)(H,16,17,18). The van der Waals surface area contributed by atoms with Crippen LogP contribution in [0.5, 0.6) is 0 Å². The molecule has 0 saturated heterocycles. The highest BCUT2D eigenvalue weighted by Crippen LogP contribution is 2.34. The summed E-state index contributed by atoms with van der Waals surface area (Å²) in [5.74, 6) is 0.650. The van der Waals surface area contributed by atoms with Crippen molar-refractivity contribution in [3.8, 4) is 0 Å². The van der Waals surface area contributed by atoms with E-state index in [0.29, 0.717) is 23.3 Å². The summed E-state index contributed by atoms with van der Waals surface area (Å²) in [4.78, 5) is 27.3. The van der Waals surface area contributed by atoms with Gasteiger partial charge in [-0.15, -0.1) is 0 Å². The number of imide groups is 1. The van der Waals surface area contributed by atoms with Crippen molar-refractivity contribution in [3.05, 3.63) is 22.9 Å². The van der Waals surface area contributed by atoms with E-state index in [4.69, 9.17) is 0 Å². The van der Waals surface area contributed by atoms with Crippen molar-refractivity contribution in [2.45, 2.75) is 32.7 Å². The van der Waals surface area contributed by atoms with Gasteiger partial charge in [0.2, 0.25) is 0 Å². The number of amides is 2. The molecule has 1 saturated carbocycles. The highest BCUT2D eigenvalue weighted by atomic mass is 16.2. The summed E-state index contributed by atoms with van der Waals surface area (Å²) in [6.07, 6.45) is 2.49. The minimum Gasteiger partial charge on any atom is -0.367 e. The van der Waals surface area contributed by atoms with Gasteiger partial charge in [0.1, 0.15) is 11.5 Å². The lowest BCUT2D eigenvalue weighted by atomic mass is 10.1. The summed E-state index contributed by atoms with van der Waals surface area (Å²) < 4.78 is 0. The molecular weight excluding hydrogens is 230 g/mol. The summed E-state index contributed by atoms with van der Waals surface area (Å²) in [5.41, 5.74) is 1.50. The maximum absolute atomic E-state index is 11.5. The molecule has 94 valence electrons. The first kappa shape index (κ1) is 11.2. The van der Waals surface area contributed by atoms with Crippen molar-refractivity contribution in [1.82, 2.24) is 10.3 Å². The molecule has 1 aromatic rings. The second kappa shape index (κ2) is 3.80. The molecule has 1 aromatic heterocycles. The number of rotatable bonds is 3. The molecule has 0 bridgehead atoms. The van der Waals surface area contributed by atoms with E-state index in [2.05, 4.69) is 22.5 Å². The molecule has 0 aromatic carbocycles. The quantitative estimate of drug-likeness (QED) is 0.791. The summed E-state index contributed by atoms with van der Waals surface area (Å²) in [5, 5.41) is 5.59. The number of aryl methyl sites for hydroxylation is 1. The van der Waals surface area contributed by atoms with Gasteiger partial charge in [-0.3, -0.25) is 14.9 Å². The van der Waals surface area contributed by atoms with Crippen LogP contribution in [0.2, 0.25) is 0 Å². The Balaban J connectivity index is 1.93. The van der Waals surface area contributed by atoms with Crippen LogP contribution >= 0.6 is 0 Å². The first-order valence-electron chi connectivity index (χ1n) is 6.20. The summed E-state index contributed by atoms with van der Waals surface area (Å²) in [6, 6.07) is 2.08. The number of aromatic nitrogens is 1. The molecule has 1 aliphatic heterocycles. The highest BCUT2D eigenvalue weighted by molar-refractivity contribution is 6.20. The Labute approximate surface area is 105 Å². The third-order valence-electron chi connectivity index (χ3n) is 3.59. The van der Waals surface area contributed by atoms with Gasteiger partial charge in [0, 0.05) is 6.04 Å². The second-order valence-electron chi connectivity index (χ2n) is 5.10. The Morgan fingerprint density at radius 3 is 2.78 bits per heavy atom. The van der Waals surface area contributed by atoms with Gasteiger partial charge in [-0.05, 0) is 44.2 Å². The molecule has 2 aliphatic rings. The van der Waals surface area contributed by atoms with Gasteiger partial charge in [-0.1, -0.05) is 0 Å². The maximum atomic E-state index is 11.5. The molecule has 5 heteroatoms. The molecule has 5 nitrogen and oxygen atoms in total. The van der Waals surface area contributed by atoms with Gasteiger partial charge in [0.15, 0.2) is 0 Å². The molecule has 1 aliphatic carbocycles. The van der Waals surface area contributed by atoms with Crippen LogP contribution in [0, 0.1) is 12.8 Å². The molecule has 18 heavy (non-hydrogen) atoms. The lowest BCUT2D eigenvalue weighted by Crippen LogP contribution is -2.21. The third kappa shape index (κ3) is 1.75. The molecule has 3 rings (SSSR count). The van der Waals surface area contributed by atoms with Gasteiger partial charge < -0.3 is 5.32 Å². The average molecular weight is 245 g/mol. The van der Waals surface area contributed by atoms with Crippen LogP contribution < -0.4 is 10.6 Å². The largest absolute Gasteiger partial charge is 0.367 e. The van der Waals surface area contributed by atoms with Crippen molar-refractivity contribution < 1.29 is 9.59 Å². The second-order valence-corrected chi connectivity index (χ2v) is 5.10. The summed E-state index contributed by atoms with van der Waals surface area (Å²) in [7, 11) is 0. The zero-order valence-electron chi connectivity index (χ0n) is 10.4. The molecule has 1 fully saturated rings. The maximum Gasteiger partial charge on any atom is 0.277 e. The number of nitrogens with zero attached hydrogens (tertiary/aromatic N) is 1. The number of nitrogens with one attached hydrogen (secondary N) is 2. The molecule has 2 amide bonds. The van der Waals surface area contributed by atoms with Crippen LogP contribution in [-0.2, 0) is 0 Å². The lowest BCUT2D eigenvalue weighted by Gasteiger charge is -2.15. The minimum absolute atomic E-state index is 0.232. The zero-order valence-corrected chi connectivity index (χ0v) is 10.4. The minimum atomic E-state index is -0.405.